The Morgan fingerprint density at radius 3 is 2.45 bits per heavy atom. The third kappa shape index (κ3) is 3.35. The monoisotopic (exact) mass is 408 g/mol. The number of para-hydroxylation sites is 2. The molecule has 156 valence electrons. The van der Waals surface area contributed by atoms with Gasteiger partial charge in [0.2, 0.25) is 0 Å². The molecule has 0 radical (unpaired) electrons. The Bertz CT molecular complexity index is 1220. The first kappa shape index (κ1) is 18.8. The molecule has 3 aromatic carbocycles. The number of anilines is 1. The average Bonchev–Trinajstić information content (AvgIpc) is 3.21. The van der Waals surface area contributed by atoms with Crippen LogP contribution in [0.15, 0.2) is 72.9 Å². The fourth-order valence-corrected chi connectivity index (χ4v) is 5.70. The molecule has 2 aliphatic heterocycles. The van der Waals surface area contributed by atoms with E-state index in [9.17, 15) is 0 Å². The molecular formula is C27H28N4. The van der Waals surface area contributed by atoms with Gasteiger partial charge in [-0.2, -0.15) is 0 Å². The number of nitrogens with zero attached hydrogens (tertiary/aromatic N) is 4. The van der Waals surface area contributed by atoms with Crippen molar-refractivity contribution in [1.29, 1.82) is 0 Å². The second-order valence-electron chi connectivity index (χ2n) is 9.09. The number of fused-ring (bicyclic) bond motifs is 2. The molecule has 4 nitrogen and oxygen atoms in total. The zero-order chi connectivity index (χ0) is 20.7. The molecule has 4 heteroatoms. The zero-order valence-electron chi connectivity index (χ0n) is 17.9. The number of rotatable bonds is 3. The van der Waals surface area contributed by atoms with E-state index < -0.39 is 0 Å². The van der Waals surface area contributed by atoms with Crippen LogP contribution in [0.3, 0.4) is 0 Å². The second kappa shape index (κ2) is 7.61. The summed E-state index contributed by atoms with van der Waals surface area (Å²) in [5.41, 5.74) is 3.75. The summed E-state index contributed by atoms with van der Waals surface area (Å²) in [4.78, 5) is 14.7. The Labute approximate surface area is 183 Å². The number of piperidine rings is 1. The molecule has 2 fully saturated rings. The predicted octanol–water partition coefficient (Wildman–Crippen LogP) is 5.42. The molecule has 2 aliphatic rings. The van der Waals surface area contributed by atoms with Crippen LogP contribution in [0.2, 0.25) is 0 Å². The minimum absolute atomic E-state index is 0.331. The van der Waals surface area contributed by atoms with Crippen molar-refractivity contribution < 1.29 is 0 Å². The van der Waals surface area contributed by atoms with Gasteiger partial charge in [0, 0.05) is 25.2 Å². The van der Waals surface area contributed by atoms with Gasteiger partial charge in [0.15, 0.2) is 0 Å². The van der Waals surface area contributed by atoms with Crippen molar-refractivity contribution >= 4 is 27.6 Å². The van der Waals surface area contributed by atoms with Crippen LogP contribution in [-0.4, -0.2) is 40.0 Å². The summed E-state index contributed by atoms with van der Waals surface area (Å²) in [5, 5.41) is 2.74. The Kier molecular flexibility index (Phi) is 4.61. The summed E-state index contributed by atoms with van der Waals surface area (Å²) >= 11 is 0. The Morgan fingerprint density at radius 1 is 0.774 bits per heavy atom. The molecule has 31 heavy (non-hydrogen) atoms. The third-order valence-corrected chi connectivity index (χ3v) is 7.44. The average molecular weight is 409 g/mol. The topological polar surface area (TPSA) is 32.3 Å². The van der Waals surface area contributed by atoms with Crippen molar-refractivity contribution in [3.8, 4) is 0 Å². The quantitative estimate of drug-likeness (QED) is 0.453. The number of hydrogen-bond acceptors (Lipinski definition) is 4. The summed E-state index contributed by atoms with van der Waals surface area (Å²) in [6.45, 7) is 4.37. The summed E-state index contributed by atoms with van der Waals surface area (Å²) < 4.78 is 0. The van der Waals surface area contributed by atoms with Gasteiger partial charge in [-0.25, -0.2) is 4.98 Å². The molecule has 2 saturated heterocycles. The lowest BCUT2D eigenvalue weighted by Gasteiger charge is -2.45. The molecule has 1 aromatic heterocycles. The van der Waals surface area contributed by atoms with Crippen LogP contribution in [0.4, 0.5) is 5.82 Å². The molecule has 4 aromatic rings. The first-order valence-corrected chi connectivity index (χ1v) is 11.5. The van der Waals surface area contributed by atoms with Crippen molar-refractivity contribution in [2.75, 3.05) is 24.5 Å². The number of aromatic nitrogens is 2. The normalized spacial score (nSPS) is 18.9. The molecule has 0 N–H and O–H groups in total. The maximum absolute atomic E-state index is 4.88. The third-order valence-electron chi connectivity index (χ3n) is 7.44. The minimum atomic E-state index is 0.331. The number of likely N-dealkylation sites (tertiary alicyclic amines) is 1. The van der Waals surface area contributed by atoms with Crippen LogP contribution < -0.4 is 4.90 Å². The van der Waals surface area contributed by atoms with Gasteiger partial charge in [-0.05, 0) is 60.7 Å². The first-order valence-electron chi connectivity index (χ1n) is 11.5. The van der Waals surface area contributed by atoms with Gasteiger partial charge < -0.3 is 4.90 Å². The van der Waals surface area contributed by atoms with Crippen LogP contribution in [0.25, 0.3) is 21.8 Å². The van der Waals surface area contributed by atoms with Crippen molar-refractivity contribution in [3.05, 3.63) is 78.5 Å². The van der Waals surface area contributed by atoms with E-state index in [-0.39, 0.29) is 0 Å². The van der Waals surface area contributed by atoms with Crippen molar-refractivity contribution in [2.45, 2.75) is 37.8 Å². The highest BCUT2D eigenvalue weighted by Gasteiger charge is 2.43. The predicted molar refractivity (Wildman–Crippen MR) is 127 cm³/mol. The lowest BCUT2D eigenvalue weighted by Crippen LogP contribution is -2.52. The van der Waals surface area contributed by atoms with E-state index in [0.717, 1.165) is 36.5 Å². The lowest BCUT2D eigenvalue weighted by atomic mass is 9.84. The van der Waals surface area contributed by atoms with E-state index in [0.29, 0.717) is 5.54 Å². The van der Waals surface area contributed by atoms with E-state index in [1.165, 1.54) is 48.6 Å². The van der Waals surface area contributed by atoms with Crippen molar-refractivity contribution in [3.63, 3.8) is 0 Å². The molecule has 0 unspecified atom stereocenters. The van der Waals surface area contributed by atoms with Crippen LogP contribution in [0, 0.1) is 0 Å². The lowest BCUT2D eigenvalue weighted by molar-refractivity contribution is 0.100. The molecule has 0 aliphatic carbocycles. The fraction of sp³-hybridized carbons (Fsp3) is 0.333. The number of benzene rings is 3. The van der Waals surface area contributed by atoms with Crippen molar-refractivity contribution in [2.24, 2.45) is 0 Å². The van der Waals surface area contributed by atoms with Gasteiger partial charge in [0.05, 0.1) is 17.2 Å². The summed E-state index contributed by atoms with van der Waals surface area (Å²) in [5.74, 6) is 1.02. The highest BCUT2D eigenvalue weighted by molar-refractivity contribution is 5.85. The van der Waals surface area contributed by atoms with E-state index in [2.05, 4.69) is 63.3 Å². The summed E-state index contributed by atoms with van der Waals surface area (Å²) in [6.07, 6.45) is 6.97. The Balaban J connectivity index is 1.21. The maximum Gasteiger partial charge on any atom is 0.147 e. The van der Waals surface area contributed by atoms with E-state index in [1.807, 2.05) is 24.4 Å². The van der Waals surface area contributed by atoms with Crippen LogP contribution in [0.5, 0.6) is 0 Å². The maximum atomic E-state index is 4.88. The van der Waals surface area contributed by atoms with E-state index >= 15 is 0 Å². The molecule has 6 rings (SSSR count). The van der Waals surface area contributed by atoms with Crippen LogP contribution >= 0.6 is 0 Å². The fourth-order valence-electron chi connectivity index (χ4n) is 5.70. The highest BCUT2D eigenvalue weighted by Crippen LogP contribution is 2.40. The van der Waals surface area contributed by atoms with Gasteiger partial charge in [-0.1, -0.05) is 54.6 Å². The molecular weight excluding hydrogens is 380 g/mol. The molecule has 0 bridgehead atoms. The van der Waals surface area contributed by atoms with Crippen LogP contribution in [-0.2, 0) is 6.54 Å². The summed E-state index contributed by atoms with van der Waals surface area (Å²) in [7, 11) is 0. The molecule has 1 spiro atoms. The highest BCUT2D eigenvalue weighted by atomic mass is 15.3. The van der Waals surface area contributed by atoms with Gasteiger partial charge in [0.1, 0.15) is 5.82 Å². The smallest absolute Gasteiger partial charge is 0.147 e. The second-order valence-corrected chi connectivity index (χ2v) is 9.09. The van der Waals surface area contributed by atoms with Gasteiger partial charge in [0.25, 0.3) is 0 Å². The molecule has 3 heterocycles. The van der Waals surface area contributed by atoms with Gasteiger partial charge in [-0.15, -0.1) is 0 Å². The Hall–Kier alpha value is -2.98. The van der Waals surface area contributed by atoms with E-state index in [4.69, 9.17) is 4.98 Å². The zero-order valence-corrected chi connectivity index (χ0v) is 17.9. The van der Waals surface area contributed by atoms with Gasteiger partial charge in [-0.3, -0.25) is 9.88 Å². The largest absolute Gasteiger partial charge is 0.355 e. The van der Waals surface area contributed by atoms with Crippen LogP contribution in [0.1, 0.15) is 31.2 Å². The minimum Gasteiger partial charge on any atom is -0.355 e. The van der Waals surface area contributed by atoms with Gasteiger partial charge >= 0.3 is 0 Å². The molecule has 0 saturated carbocycles. The standard InChI is InChI=1S/C27H28N4/c1-2-10-23-21(7-1)8-5-9-22(23)20-31-16-6-13-27(31)14-17-30(18-15-27)26-19-28-24-11-3-4-12-25(24)29-26/h1-5,7-12,19H,6,13-18,20H2. The van der Waals surface area contributed by atoms with Crippen molar-refractivity contribution in [1.82, 2.24) is 14.9 Å². The number of hydrogen-bond donors (Lipinski definition) is 0. The SMILES string of the molecule is c1ccc2c(CN3CCCC34CCN(c3cnc5ccccc5n3)CC4)cccc2c1. The summed E-state index contributed by atoms with van der Waals surface area (Å²) in [6, 6.07) is 23.7. The molecule has 0 atom stereocenters. The molecule has 0 amide bonds. The Morgan fingerprint density at radius 2 is 1.55 bits per heavy atom. The first-order chi connectivity index (χ1) is 15.3. The van der Waals surface area contributed by atoms with E-state index in [1.54, 1.807) is 0 Å².